The predicted octanol–water partition coefficient (Wildman–Crippen LogP) is 6.01. The molecule has 218 valence electrons. The number of aliphatic hydroxyl groups excluding tert-OH is 1. The van der Waals surface area contributed by atoms with E-state index in [1.807, 2.05) is 37.3 Å². The molecule has 1 aliphatic heterocycles. The first-order chi connectivity index (χ1) is 20.8. The van der Waals surface area contributed by atoms with Crippen LogP contribution >= 0.6 is 0 Å². The van der Waals surface area contributed by atoms with Crippen LogP contribution in [0.1, 0.15) is 40.8 Å². The van der Waals surface area contributed by atoms with Crippen LogP contribution in [0, 0.1) is 6.92 Å². The molecule has 1 saturated heterocycles. The summed E-state index contributed by atoms with van der Waals surface area (Å²) in [5.74, 6) is -1.70. The van der Waals surface area contributed by atoms with E-state index in [0.29, 0.717) is 34.7 Å². The maximum absolute atomic E-state index is 13.5. The molecule has 4 aromatic rings. The molecule has 1 fully saturated rings. The Kier molecular flexibility index (Phi) is 8.57. The number of benzene rings is 4. The highest BCUT2D eigenvalue weighted by Gasteiger charge is 2.47. The van der Waals surface area contributed by atoms with Crippen molar-refractivity contribution in [1.82, 2.24) is 0 Å². The van der Waals surface area contributed by atoms with Crippen molar-refractivity contribution in [3.63, 3.8) is 0 Å². The Labute approximate surface area is 249 Å². The van der Waals surface area contributed by atoms with Gasteiger partial charge in [0.05, 0.1) is 24.6 Å². The maximum Gasteiger partial charge on any atom is 0.310 e. The minimum atomic E-state index is -0.967. The molecule has 1 unspecified atom stereocenters. The largest absolute Gasteiger partial charge is 0.508 e. The van der Waals surface area contributed by atoms with Crippen LogP contribution < -0.4 is 9.64 Å². The molecule has 0 aliphatic carbocycles. The van der Waals surface area contributed by atoms with Gasteiger partial charge in [0.15, 0.2) is 0 Å². The van der Waals surface area contributed by atoms with Gasteiger partial charge >= 0.3 is 5.97 Å². The standard InChI is InChI=1S/C35H31NO7/c1-3-42-30(38)20-23-9-14-27(15-10-23)36-32(25-11-16-28(37)17-12-25)31(34(40)35(36)41)33(39)26-13-18-29(22(2)19-26)43-21-24-7-5-4-6-8-24/h4-19,32,37,39H,3,20-21H2,1-2H3/b33-31-. The van der Waals surface area contributed by atoms with E-state index in [-0.39, 0.29) is 36.1 Å². The number of aromatic hydroxyl groups is 1. The number of nitrogens with zero attached hydrogens (tertiary/aromatic N) is 1. The summed E-state index contributed by atoms with van der Waals surface area (Å²) in [6.07, 6.45) is 0.0682. The molecule has 1 amide bonds. The summed E-state index contributed by atoms with van der Waals surface area (Å²) in [6, 6.07) is 26.7. The number of ketones is 1. The maximum atomic E-state index is 13.5. The number of amides is 1. The van der Waals surface area contributed by atoms with E-state index >= 15 is 0 Å². The molecule has 0 saturated carbocycles. The Morgan fingerprint density at radius 3 is 2.23 bits per heavy atom. The first-order valence-corrected chi connectivity index (χ1v) is 13.9. The summed E-state index contributed by atoms with van der Waals surface area (Å²) < 4.78 is 11.0. The van der Waals surface area contributed by atoms with E-state index in [1.165, 1.54) is 17.0 Å². The van der Waals surface area contributed by atoms with Crippen LogP contribution in [-0.4, -0.2) is 34.5 Å². The Hall–Kier alpha value is -5.37. The molecule has 43 heavy (non-hydrogen) atoms. The second kappa shape index (κ2) is 12.7. The number of anilines is 1. The third kappa shape index (κ3) is 6.28. The van der Waals surface area contributed by atoms with Crippen molar-refractivity contribution in [3.05, 3.63) is 130 Å². The molecule has 5 rings (SSSR count). The van der Waals surface area contributed by atoms with Crippen molar-refractivity contribution >= 4 is 29.1 Å². The fourth-order valence-electron chi connectivity index (χ4n) is 5.07. The second-order valence-corrected chi connectivity index (χ2v) is 10.2. The SMILES string of the molecule is CCOC(=O)Cc1ccc(N2C(=O)C(=O)/C(=C(\O)c3ccc(OCc4ccccc4)c(C)c3)C2c2ccc(O)cc2)cc1. The summed E-state index contributed by atoms with van der Waals surface area (Å²) in [7, 11) is 0. The fraction of sp³-hybridized carbons (Fsp3) is 0.171. The zero-order valence-electron chi connectivity index (χ0n) is 23.8. The second-order valence-electron chi connectivity index (χ2n) is 10.2. The van der Waals surface area contributed by atoms with Gasteiger partial charge < -0.3 is 19.7 Å². The molecule has 8 heteroatoms. The van der Waals surface area contributed by atoms with E-state index in [0.717, 1.165) is 11.1 Å². The summed E-state index contributed by atoms with van der Waals surface area (Å²) in [6.45, 7) is 4.22. The number of rotatable bonds is 9. The van der Waals surface area contributed by atoms with E-state index < -0.39 is 17.7 Å². The molecule has 0 bridgehead atoms. The van der Waals surface area contributed by atoms with Gasteiger partial charge in [-0.25, -0.2) is 0 Å². The number of phenolic OH excluding ortho intramolecular Hbond substituents is 1. The van der Waals surface area contributed by atoms with Gasteiger partial charge in [-0.1, -0.05) is 54.6 Å². The van der Waals surface area contributed by atoms with Crippen LogP contribution in [0.4, 0.5) is 5.69 Å². The van der Waals surface area contributed by atoms with Crippen LogP contribution in [0.2, 0.25) is 0 Å². The summed E-state index contributed by atoms with van der Waals surface area (Å²) in [5.41, 5.74) is 3.65. The monoisotopic (exact) mass is 577 g/mol. The first-order valence-electron chi connectivity index (χ1n) is 13.9. The lowest BCUT2D eigenvalue weighted by Crippen LogP contribution is -2.29. The van der Waals surface area contributed by atoms with Crippen molar-refractivity contribution in [2.24, 2.45) is 0 Å². The van der Waals surface area contributed by atoms with Gasteiger partial charge in [-0.3, -0.25) is 19.3 Å². The van der Waals surface area contributed by atoms with E-state index in [1.54, 1.807) is 61.5 Å². The van der Waals surface area contributed by atoms with Gasteiger partial charge in [0, 0.05) is 11.3 Å². The van der Waals surface area contributed by atoms with E-state index in [9.17, 15) is 24.6 Å². The molecule has 1 aliphatic rings. The van der Waals surface area contributed by atoms with Crippen molar-refractivity contribution in [2.75, 3.05) is 11.5 Å². The number of aryl methyl sites for hydroxylation is 1. The summed E-state index contributed by atoms with van der Waals surface area (Å²) in [5, 5.41) is 21.4. The van der Waals surface area contributed by atoms with Gasteiger partial charge in [0.2, 0.25) is 0 Å². The van der Waals surface area contributed by atoms with Crippen molar-refractivity contribution < 1.29 is 34.1 Å². The highest BCUT2D eigenvalue weighted by molar-refractivity contribution is 6.51. The third-order valence-corrected chi connectivity index (χ3v) is 7.21. The Bertz CT molecular complexity index is 1680. The molecule has 8 nitrogen and oxygen atoms in total. The first kappa shape index (κ1) is 29.1. The average molecular weight is 578 g/mol. The minimum Gasteiger partial charge on any atom is -0.508 e. The fourth-order valence-corrected chi connectivity index (χ4v) is 5.07. The van der Waals surface area contributed by atoms with E-state index in [2.05, 4.69) is 0 Å². The normalized spacial score (nSPS) is 15.9. The quantitative estimate of drug-likeness (QED) is 0.108. The van der Waals surface area contributed by atoms with Crippen LogP contribution in [0.5, 0.6) is 11.5 Å². The Morgan fingerprint density at radius 2 is 1.58 bits per heavy atom. The number of aliphatic hydroxyl groups is 1. The molecule has 1 heterocycles. The molecule has 0 aromatic heterocycles. The van der Waals surface area contributed by atoms with Crippen LogP contribution in [0.15, 0.2) is 103 Å². The third-order valence-electron chi connectivity index (χ3n) is 7.21. The van der Waals surface area contributed by atoms with Gasteiger partial charge in [-0.15, -0.1) is 0 Å². The van der Waals surface area contributed by atoms with Gasteiger partial charge in [-0.05, 0) is 78.6 Å². The lowest BCUT2D eigenvalue weighted by molar-refractivity contribution is -0.142. The number of esters is 1. The number of carbonyl (C=O) groups excluding carboxylic acids is 3. The van der Waals surface area contributed by atoms with Gasteiger partial charge in [-0.2, -0.15) is 0 Å². The summed E-state index contributed by atoms with van der Waals surface area (Å²) >= 11 is 0. The topological polar surface area (TPSA) is 113 Å². The molecule has 4 aromatic carbocycles. The van der Waals surface area contributed by atoms with Crippen LogP contribution in [0.25, 0.3) is 5.76 Å². The van der Waals surface area contributed by atoms with Crippen LogP contribution in [0.3, 0.4) is 0 Å². The van der Waals surface area contributed by atoms with Crippen LogP contribution in [-0.2, 0) is 32.1 Å². The van der Waals surface area contributed by atoms with Crippen molar-refractivity contribution in [2.45, 2.75) is 32.9 Å². The summed E-state index contributed by atoms with van der Waals surface area (Å²) in [4.78, 5) is 40.2. The van der Waals surface area contributed by atoms with Crippen molar-refractivity contribution in [1.29, 1.82) is 0 Å². The van der Waals surface area contributed by atoms with Gasteiger partial charge in [0.25, 0.3) is 11.7 Å². The lowest BCUT2D eigenvalue weighted by atomic mass is 9.94. The molecule has 1 atom stereocenters. The number of carbonyl (C=O) groups is 3. The number of hydrogen-bond acceptors (Lipinski definition) is 7. The Morgan fingerprint density at radius 1 is 0.884 bits per heavy atom. The molecule has 0 radical (unpaired) electrons. The Balaban J connectivity index is 1.51. The highest BCUT2D eigenvalue weighted by Crippen LogP contribution is 2.43. The molecular weight excluding hydrogens is 546 g/mol. The smallest absolute Gasteiger partial charge is 0.310 e. The van der Waals surface area contributed by atoms with Crippen molar-refractivity contribution in [3.8, 4) is 11.5 Å². The lowest BCUT2D eigenvalue weighted by Gasteiger charge is -2.25. The zero-order valence-corrected chi connectivity index (χ0v) is 23.8. The number of Topliss-reactive ketones (excluding diaryl/α,β-unsaturated/α-hetero) is 1. The minimum absolute atomic E-state index is 0.0192. The highest BCUT2D eigenvalue weighted by atomic mass is 16.5. The number of hydrogen-bond donors (Lipinski definition) is 2. The molecule has 0 spiro atoms. The molecular formula is C35H31NO7. The number of phenols is 1. The zero-order chi connectivity index (χ0) is 30.5. The van der Waals surface area contributed by atoms with Gasteiger partial charge in [0.1, 0.15) is 23.9 Å². The average Bonchev–Trinajstić information content (AvgIpc) is 3.27. The van der Waals surface area contributed by atoms with E-state index in [4.69, 9.17) is 9.47 Å². The number of ether oxygens (including phenoxy) is 2. The predicted molar refractivity (Wildman–Crippen MR) is 162 cm³/mol. The molecule has 2 N–H and O–H groups in total.